The fraction of sp³-hybridized carbons (Fsp3) is 0.625. The standard InChI is InChI=1S/C16H28N2O2/c1-13(2)20-15-8-6-14(7-9-15)16(19)12-18(5)11-10-17(3)4/h6-9,13,16,19H,10-12H2,1-5H3. The lowest BCUT2D eigenvalue weighted by molar-refractivity contribution is 0.123. The summed E-state index contributed by atoms with van der Waals surface area (Å²) in [6.07, 6.45) is -0.293. The first kappa shape index (κ1) is 17.0. The summed E-state index contributed by atoms with van der Waals surface area (Å²) < 4.78 is 5.60. The zero-order valence-corrected chi connectivity index (χ0v) is 13.3. The van der Waals surface area contributed by atoms with Crippen molar-refractivity contribution in [1.82, 2.24) is 9.80 Å². The third-order valence-corrected chi connectivity index (χ3v) is 3.05. The van der Waals surface area contributed by atoms with Crippen LogP contribution in [-0.2, 0) is 0 Å². The minimum absolute atomic E-state index is 0.169. The zero-order chi connectivity index (χ0) is 15.1. The first-order chi connectivity index (χ1) is 9.38. The maximum Gasteiger partial charge on any atom is 0.119 e. The van der Waals surface area contributed by atoms with Gasteiger partial charge in [0.2, 0.25) is 0 Å². The number of likely N-dealkylation sites (N-methyl/N-ethyl adjacent to an activating group) is 2. The average Bonchev–Trinajstić information content (AvgIpc) is 2.36. The second-order valence-corrected chi connectivity index (χ2v) is 5.82. The van der Waals surface area contributed by atoms with E-state index < -0.39 is 6.10 Å². The summed E-state index contributed by atoms with van der Waals surface area (Å²) in [4.78, 5) is 4.28. The van der Waals surface area contributed by atoms with Gasteiger partial charge in [-0.15, -0.1) is 0 Å². The van der Waals surface area contributed by atoms with Gasteiger partial charge in [-0.05, 0) is 52.7 Å². The van der Waals surface area contributed by atoms with E-state index in [9.17, 15) is 5.11 Å². The van der Waals surface area contributed by atoms with Gasteiger partial charge >= 0.3 is 0 Å². The van der Waals surface area contributed by atoms with Gasteiger partial charge in [0, 0.05) is 19.6 Å². The van der Waals surface area contributed by atoms with Crippen molar-refractivity contribution < 1.29 is 9.84 Å². The molecular weight excluding hydrogens is 252 g/mol. The quantitative estimate of drug-likeness (QED) is 0.790. The number of ether oxygens (including phenoxy) is 1. The molecule has 1 atom stereocenters. The largest absolute Gasteiger partial charge is 0.491 e. The van der Waals surface area contributed by atoms with Gasteiger partial charge in [0.1, 0.15) is 5.75 Å². The van der Waals surface area contributed by atoms with E-state index in [-0.39, 0.29) is 6.10 Å². The lowest BCUT2D eigenvalue weighted by atomic mass is 10.1. The van der Waals surface area contributed by atoms with Crippen LogP contribution in [0.15, 0.2) is 24.3 Å². The van der Waals surface area contributed by atoms with E-state index in [1.54, 1.807) is 0 Å². The molecular formula is C16H28N2O2. The van der Waals surface area contributed by atoms with E-state index in [0.717, 1.165) is 24.4 Å². The van der Waals surface area contributed by atoms with Crippen LogP contribution in [-0.4, -0.2) is 61.8 Å². The highest BCUT2D eigenvalue weighted by molar-refractivity contribution is 5.28. The van der Waals surface area contributed by atoms with Gasteiger partial charge in [0.15, 0.2) is 0 Å². The number of rotatable bonds is 8. The molecule has 0 amide bonds. The Balaban J connectivity index is 2.48. The van der Waals surface area contributed by atoms with Crippen LogP contribution in [0.25, 0.3) is 0 Å². The lowest BCUT2D eigenvalue weighted by Gasteiger charge is -2.22. The Bertz CT molecular complexity index is 377. The van der Waals surface area contributed by atoms with Gasteiger partial charge < -0.3 is 19.6 Å². The Morgan fingerprint density at radius 3 is 2.15 bits per heavy atom. The minimum atomic E-state index is -0.463. The number of hydrogen-bond donors (Lipinski definition) is 1. The number of aliphatic hydroxyl groups excluding tert-OH is 1. The van der Waals surface area contributed by atoms with E-state index >= 15 is 0 Å². The van der Waals surface area contributed by atoms with E-state index in [0.29, 0.717) is 6.54 Å². The summed E-state index contributed by atoms with van der Waals surface area (Å²) in [6.45, 7) is 6.58. The predicted molar refractivity (Wildman–Crippen MR) is 83.2 cm³/mol. The molecule has 0 saturated heterocycles. The maximum absolute atomic E-state index is 10.2. The van der Waals surface area contributed by atoms with Crippen LogP contribution < -0.4 is 4.74 Å². The third-order valence-electron chi connectivity index (χ3n) is 3.05. The average molecular weight is 280 g/mol. The molecule has 0 spiro atoms. The molecule has 0 bridgehead atoms. The van der Waals surface area contributed by atoms with Crippen LogP contribution in [0.2, 0.25) is 0 Å². The number of nitrogens with zero attached hydrogens (tertiary/aromatic N) is 2. The summed E-state index contributed by atoms with van der Waals surface area (Å²) in [5.74, 6) is 0.844. The highest BCUT2D eigenvalue weighted by Crippen LogP contribution is 2.19. The number of hydrogen-bond acceptors (Lipinski definition) is 4. The van der Waals surface area contributed by atoms with Crippen LogP contribution in [0.5, 0.6) is 5.75 Å². The van der Waals surface area contributed by atoms with Crippen molar-refractivity contribution in [2.75, 3.05) is 40.8 Å². The first-order valence-corrected chi connectivity index (χ1v) is 7.16. The molecule has 0 radical (unpaired) electrons. The second-order valence-electron chi connectivity index (χ2n) is 5.82. The second kappa shape index (κ2) is 8.25. The van der Waals surface area contributed by atoms with E-state index in [1.165, 1.54) is 0 Å². The molecule has 114 valence electrons. The van der Waals surface area contributed by atoms with Gasteiger partial charge in [-0.1, -0.05) is 12.1 Å². The highest BCUT2D eigenvalue weighted by atomic mass is 16.5. The monoisotopic (exact) mass is 280 g/mol. The fourth-order valence-electron chi connectivity index (χ4n) is 1.90. The Morgan fingerprint density at radius 1 is 1.05 bits per heavy atom. The molecule has 0 aliphatic carbocycles. The van der Waals surface area contributed by atoms with Crippen molar-refractivity contribution in [3.05, 3.63) is 29.8 Å². The van der Waals surface area contributed by atoms with Gasteiger partial charge in [-0.2, -0.15) is 0 Å². The first-order valence-electron chi connectivity index (χ1n) is 7.16. The molecule has 1 aromatic rings. The Morgan fingerprint density at radius 2 is 1.65 bits per heavy atom. The fourth-order valence-corrected chi connectivity index (χ4v) is 1.90. The summed E-state index contributed by atoms with van der Waals surface area (Å²) in [7, 11) is 6.14. The Kier molecular flexibility index (Phi) is 6.99. The number of aliphatic hydroxyl groups is 1. The smallest absolute Gasteiger partial charge is 0.119 e. The molecule has 20 heavy (non-hydrogen) atoms. The summed E-state index contributed by atoms with van der Waals surface area (Å²) in [5, 5.41) is 10.2. The number of benzene rings is 1. The maximum atomic E-state index is 10.2. The van der Waals surface area contributed by atoms with Crippen molar-refractivity contribution in [3.63, 3.8) is 0 Å². The van der Waals surface area contributed by atoms with Crippen LogP contribution in [0.4, 0.5) is 0 Å². The molecule has 1 rings (SSSR count). The van der Waals surface area contributed by atoms with Crippen molar-refractivity contribution >= 4 is 0 Å². The Labute approximate surface area is 123 Å². The van der Waals surface area contributed by atoms with Crippen molar-refractivity contribution in [1.29, 1.82) is 0 Å². The zero-order valence-electron chi connectivity index (χ0n) is 13.3. The minimum Gasteiger partial charge on any atom is -0.491 e. The normalized spacial score (nSPS) is 13.2. The van der Waals surface area contributed by atoms with Crippen molar-refractivity contribution in [3.8, 4) is 5.75 Å². The molecule has 1 aromatic carbocycles. The third kappa shape index (κ3) is 6.37. The topological polar surface area (TPSA) is 35.9 Å². The van der Waals surface area contributed by atoms with Gasteiger partial charge in [-0.25, -0.2) is 0 Å². The molecule has 0 heterocycles. The van der Waals surface area contributed by atoms with Crippen LogP contribution in [0.1, 0.15) is 25.5 Å². The van der Waals surface area contributed by atoms with Crippen LogP contribution >= 0.6 is 0 Å². The summed E-state index contributed by atoms with van der Waals surface area (Å²) >= 11 is 0. The van der Waals surface area contributed by atoms with E-state index in [1.807, 2.05) is 45.2 Å². The van der Waals surface area contributed by atoms with Gasteiger partial charge in [0.25, 0.3) is 0 Å². The molecule has 1 N–H and O–H groups in total. The van der Waals surface area contributed by atoms with E-state index in [4.69, 9.17) is 4.74 Å². The molecule has 4 nitrogen and oxygen atoms in total. The Hall–Kier alpha value is -1.10. The van der Waals surface area contributed by atoms with E-state index in [2.05, 4.69) is 23.9 Å². The molecule has 0 saturated carbocycles. The summed E-state index contributed by atoms with van der Waals surface area (Å²) in [6, 6.07) is 7.70. The molecule has 0 aliphatic heterocycles. The summed E-state index contributed by atoms with van der Waals surface area (Å²) in [5.41, 5.74) is 0.929. The molecule has 1 unspecified atom stereocenters. The molecule has 0 aliphatic rings. The van der Waals surface area contributed by atoms with Gasteiger partial charge in [0.05, 0.1) is 12.2 Å². The highest BCUT2D eigenvalue weighted by Gasteiger charge is 2.11. The lowest BCUT2D eigenvalue weighted by Crippen LogP contribution is -2.31. The predicted octanol–water partition coefficient (Wildman–Crippen LogP) is 2.00. The molecule has 0 aromatic heterocycles. The van der Waals surface area contributed by atoms with Gasteiger partial charge in [-0.3, -0.25) is 0 Å². The van der Waals surface area contributed by atoms with Crippen LogP contribution in [0, 0.1) is 0 Å². The van der Waals surface area contributed by atoms with Crippen molar-refractivity contribution in [2.24, 2.45) is 0 Å². The van der Waals surface area contributed by atoms with Crippen LogP contribution in [0.3, 0.4) is 0 Å². The molecule has 4 heteroatoms. The van der Waals surface area contributed by atoms with Crippen molar-refractivity contribution in [2.45, 2.75) is 26.1 Å². The molecule has 0 fully saturated rings. The SMILES string of the molecule is CC(C)Oc1ccc(C(O)CN(C)CCN(C)C)cc1.